The Bertz CT molecular complexity index is 1000. The molecule has 1 aromatic heterocycles. The normalized spacial score (nSPS) is 10.8. The third kappa shape index (κ3) is 4.99. The predicted molar refractivity (Wildman–Crippen MR) is 109 cm³/mol. The van der Waals surface area contributed by atoms with Crippen LogP contribution in [0, 0.1) is 0 Å². The van der Waals surface area contributed by atoms with Crippen molar-refractivity contribution in [1.29, 1.82) is 0 Å². The van der Waals surface area contributed by atoms with Crippen LogP contribution < -0.4 is 18.9 Å². The monoisotopic (exact) mass is 413 g/mol. The molecule has 30 heavy (non-hydrogen) atoms. The van der Waals surface area contributed by atoms with Crippen LogP contribution in [0.2, 0.25) is 0 Å². The smallest absolute Gasteiger partial charge is 0.267 e. The molecule has 0 aliphatic rings. The Morgan fingerprint density at radius 2 is 1.67 bits per heavy atom. The van der Waals surface area contributed by atoms with E-state index in [-0.39, 0.29) is 6.61 Å². The van der Waals surface area contributed by atoms with E-state index in [0.717, 1.165) is 11.1 Å². The summed E-state index contributed by atoms with van der Waals surface area (Å²) in [6.45, 7) is 2.50. The lowest BCUT2D eigenvalue weighted by molar-refractivity contribution is 0.107. The first-order valence-corrected chi connectivity index (χ1v) is 9.19. The highest BCUT2D eigenvalue weighted by atomic mass is 16.6. The van der Waals surface area contributed by atoms with Gasteiger partial charge in [-0.1, -0.05) is 10.3 Å². The number of oxime groups is 1. The maximum absolute atomic E-state index is 5.49. The van der Waals surface area contributed by atoms with Crippen molar-refractivity contribution in [2.75, 3.05) is 27.9 Å². The van der Waals surface area contributed by atoms with Crippen molar-refractivity contribution in [3.8, 4) is 34.4 Å². The van der Waals surface area contributed by atoms with E-state index >= 15 is 0 Å². The van der Waals surface area contributed by atoms with Gasteiger partial charge in [-0.05, 0) is 43.3 Å². The summed E-state index contributed by atoms with van der Waals surface area (Å²) in [5.74, 6) is 3.20. The van der Waals surface area contributed by atoms with Gasteiger partial charge in [-0.15, -0.1) is 0 Å². The molecule has 0 radical (unpaired) electrons. The summed E-state index contributed by atoms with van der Waals surface area (Å²) in [6.07, 6.45) is 1.56. The van der Waals surface area contributed by atoms with Crippen LogP contribution >= 0.6 is 0 Å². The second-order valence-electron chi connectivity index (χ2n) is 5.93. The van der Waals surface area contributed by atoms with Crippen LogP contribution in [0.15, 0.2) is 46.1 Å². The van der Waals surface area contributed by atoms with Gasteiger partial charge in [-0.25, -0.2) is 0 Å². The number of aromatic nitrogens is 2. The molecule has 0 aliphatic carbocycles. The Labute approximate surface area is 174 Å². The van der Waals surface area contributed by atoms with Crippen molar-refractivity contribution in [1.82, 2.24) is 10.1 Å². The highest BCUT2D eigenvalue weighted by molar-refractivity contribution is 5.80. The van der Waals surface area contributed by atoms with Gasteiger partial charge in [-0.2, -0.15) is 4.98 Å². The summed E-state index contributed by atoms with van der Waals surface area (Å²) in [7, 11) is 4.72. The van der Waals surface area contributed by atoms with E-state index in [1.807, 2.05) is 25.1 Å². The molecule has 3 aromatic rings. The molecule has 0 saturated carbocycles. The summed E-state index contributed by atoms with van der Waals surface area (Å²) in [5.41, 5.74) is 1.53. The van der Waals surface area contributed by atoms with Crippen LogP contribution in [0.4, 0.5) is 0 Å². The van der Waals surface area contributed by atoms with Crippen LogP contribution in [-0.4, -0.2) is 44.3 Å². The Kier molecular flexibility index (Phi) is 7.09. The minimum absolute atomic E-state index is 0.0327. The van der Waals surface area contributed by atoms with E-state index in [0.29, 0.717) is 41.3 Å². The molecule has 3 rings (SSSR count). The third-order valence-corrected chi connectivity index (χ3v) is 4.06. The lowest BCUT2D eigenvalue weighted by Crippen LogP contribution is -1.96. The Balaban J connectivity index is 1.61. The Hall–Kier alpha value is -3.75. The molecule has 9 heteroatoms. The van der Waals surface area contributed by atoms with E-state index in [4.69, 9.17) is 28.3 Å². The number of hydrogen-bond acceptors (Lipinski definition) is 9. The molecule has 9 nitrogen and oxygen atoms in total. The molecule has 2 aromatic carbocycles. The highest BCUT2D eigenvalue weighted by Gasteiger charge is 2.12. The number of rotatable bonds is 10. The van der Waals surface area contributed by atoms with Gasteiger partial charge in [0.25, 0.3) is 5.89 Å². The quantitative estimate of drug-likeness (QED) is 0.366. The molecule has 158 valence electrons. The van der Waals surface area contributed by atoms with Crippen LogP contribution in [0.5, 0.6) is 23.0 Å². The van der Waals surface area contributed by atoms with Gasteiger partial charge in [-0.3, -0.25) is 0 Å². The van der Waals surface area contributed by atoms with Crippen molar-refractivity contribution in [2.24, 2.45) is 5.16 Å². The zero-order chi connectivity index (χ0) is 21.3. The molecule has 0 spiro atoms. The Morgan fingerprint density at radius 1 is 0.933 bits per heavy atom. The molecule has 0 amide bonds. The summed E-state index contributed by atoms with van der Waals surface area (Å²) in [5, 5.41) is 7.89. The summed E-state index contributed by atoms with van der Waals surface area (Å²) < 4.78 is 26.5. The molecule has 0 fully saturated rings. The lowest BCUT2D eigenvalue weighted by atomic mass is 10.2. The molecular weight excluding hydrogens is 390 g/mol. The first kappa shape index (κ1) is 21.0. The van der Waals surface area contributed by atoms with Gasteiger partial charge in [0.2, 0.25) is 5.82 Å². The van der Waals surface area contributed by atoms with Gasteiger partial charge in [0.1, 0.15) is 0 Å². The van der Waals surface area contributed by atoms with Gasteiger partial charge >= 0.3 is 0 Å². The van der Waals surface area contributed by atoms with Crippen LogP contribution in [0.1, 0.15) is 18.4 Å². The molecule has 0 aliphatic heterocycles. The fourth-order valence-corrected chi connectivity index (χ4v) is 2.64. The second kappa shape index (κ2) is 10.1. The number of benzene rings is 2. The molecule has 0 atom stereocenters. The van der Waals surface area contributed by atoms with Gasteiger partial charge in [0.05, 0.1) is 34.2 Å². The van der Waals surface area contributed by atoms with Crippen molar-refractivity contribution < 1.29 is 28.3 Å². The molecule has 1 heterocycles. The summed E-state index contributed by atoms with van der Waals surface area (Å²) >= 11 is 0. The second-order valence-corrected chi connectivity index (χ2v) is 5.93. The van der Waals surface area contributed by atoms with Gasteiger partial charge in [0, 0.05) is 11.1 Å². The zero-order valence-corrected chi connectivity index (χ0v) is 17.2. The third-order valence-electron chi connectivity index (χ3n) is 4.06. The van der Waals surface area contributed by atoms with Crippen molar-refractivity contribution in [3.63, 3.8) is 0 Å². The number of hydrogen-bond donors (Lipinski definition) is 0. The topological polar surface area (TPSA) is 97.4 Å². The summed E-state index contributed by atoms with van der Waals surface area (Å²) in [4.78, 5) is 9.57. The number of ether oxygens (including phenoxy) is 4. The van der Waals surface area contributed by atoms with E-state index in [9.17, 15) is 0 Å². The zero-order valence-electron chi connectivity index (χ0n) is 17.2. The predicted octanol–water partition coefficient (Wildman–Crippen LogP) is 3.71. The standard InChI is InChI=1S/C21H23N3O6/c1-5-28-17-8-6-14(10-18(17)26-3)12-22-29-13-20-23-21(24-30-20)15-7-9-16(25-2)19(11-15)27-4/h6-12H,5,13H2,1-4H3/b22-12-. The van der Waals surface area contributed by atoms with Crippen molar-refractivity contribution in [2.45, 2.75) is 13.5 Å². The lowest BCUT2D eigenvalue weighted by Gasteiger charge is -2.09. The first-order chi connectivity index (χ1) is 14.7. The minimum atomic E-state index is 0.0327. The van der Waals surface area contributed by atoms with Crippen molar-refractivity contribution in [3.05, 3.63) is 47.9 Å². The highest BCUT2D eigenvalue weighted by Crippen LogP contribution is 2.31. The van der Waals surface area contributed by atoms with E-state index in [1.54, 1.807) is 45.7 Å². The van der Waals surface area contributed by atoms with Crippen LogP contribution in [-0.2, 0) is 11.4 Å². The fraction of sp³-hybridized carbons (Fsp3) is 0.286. The number of methoxy groups -OCH3 is 3. The summed E-state index contributed by atoms with van der Waals surface area (Å²) in [6, 6.07) is 10.8. The fourth-order valence-electron chi connectivity index (χ4n) is 2.64. The molecule has 0 N–H and O–H groups in total. The van der Waals surface area contributed by atoms with E-state index < -0.39 is 0 Å². The first-order valence-electron chi connectivity index (χ1n) is 9.19. The minimum Gasteiger partial charge on any atom is -0.493 e. The molecule has 0 unspecified atom stereocenters. The maximum Gasteiger partial charge on any atom is 0.267 e. The largest absolute Gasteiger partial charge is 0.493 e. The molecule has 0 saturated heterocycles. The van der Waals surface area contributed by atoms with Crippen LogP contribution in [0.3, 0.4) is 0 Å². The van der Waals surface area contributed by atoms with Crippen molar-refractivity contribution >= 4 is 6.21 Å². The Morgan fingerprint density at radius 3 is 2.40 bits per heavy atom. The average Bonchev–Trinajstić information content (AvgIpc) is 3.26. The molecule has 0 bridgehead atoms. The van der Waals surface area contributed by atoms with E-state index in [1.165, 1.54) is 0 Å². The SMILES string of the molecule is CCOc1ccc(/C=N\OCc2nc(-c3ccc(OC)c(OC)c3)no2)cc1OC. The average molecular weight is 413 g/mol. The van der Waals surface area contributed by atoms with E-state index in [2.05, 4.69) is 15.3 Å². The van der Waals surface area contributed by atoms with Gasteiger partial charge < -0.3 is 28.3 Å². The van der Waals surface area contributed by atoms with Crippen LogP contribution in [0.25, 0.3) is 11.4 Å². The molecular formula is C21H23N3O6. The van der Waals surface area contributed by atoms with Gasteiger partial charge in [0.15, 0.2) is 29.6 Å². The number of nitrogens with zero attached hydrogens (tertiary/aromatic N) is 3. The maximum atomic E-state index is 5.49.